The maximum atomic E-state index is 9.64. The van der Waals surface area contributed by atoms with Crippen LogP contribution in [0.15, 0.2) is 67.0 Å². The summed E-state index contributed by atoms with van der Waals surface area (Å²) in [5.74, 6) is 0.627. The topological polar surface area (TPSA) is 58.0 Å². The SMILES string of the molecule is OC[C@@H](Cc1ccccc1)Nc1cncc(-c2cccc(Cl)c2)n1. The Morgan fingerprint density at radius 3 is 2.62 bits per heavy atom. The summed E-state index contributed by atoms with van der Waals surface area (Å²) in [5, 5.41) is 13.5. The summed E-state index contributed by atoms with van der Waals surface area (Å²) in [6, 6.07) is 17.4. The average molecular weight is 340 g/mol. The van der Waals surface area contributed by atoms with E-state index in [0.29, 0.717) is 17.3 Å². The molecule has 5 heteroatoms. The lowest BCUT2D eigenvalue weighted by Crippen LogP contribution is -2.27. The third-order valence-electron chi connectivity index (χ3n) is 3.65. The molecule has 3 rings (SSSR count). The summed E-state index contributed by atoms with van der Waals surface area (Å²) in [4.78, 5) is 8.81. The predicted octanol–water partition coefficient (Wildman–Crippen LogP) is 3.81. The second-order valence-corrected chi connectivity index (χ2v) is 5.95. The molecular weight excluding hydrogens is 322 g/mol. The molecule has 2 N–H and O–H groups in total. The summed E-state index contributed by atoms with van der Waals surface area (Å²) in [6.45, 7) is 0.0119. The average Bonchev–Trinajstić information content (AvgIpc) is 2.62. The highest BCUT2D eigenvalue weighted by molar-refractivity contribution is 6.30. The molecule has 4 nitrogen and oxygen atoms in total. The van der Waals surface area contributed by atoms with Crippen molar-refractivity contribution in [2.24, 2.45) is 0 Å². The first-order valence-electron chi connectivity index (χ1n) is 7.74. The van der Waals surface area contributed by atoms with Crippen LogP contribution < -0.4 is 5.32 Å². The molecule has 1 atom stereocenters. The Hall–Kier alpha value is -2.43. The molecule has 0 aliphatic rings. The van der Waals surface area contributed by atoms with Gasteiger partial charge in [-0.05, 0) is 24.1 Å². The summed E-state index contributed by atoms with van der Waals surface area (Å²) < 4.78 is 0. The van der Waals surface area contributed by atoms with Crippen molar-refractivity contribution in [3.05, 3.63) is 77.6 Å². The van der Waals surface area contributed by atoms with Crippen molar-refractivity contribution in [2.75, 3.05) is 11.9 Å². The zero-order chi connectivity index (χ0) is 16.8. The third-order valence-corrected chi connectivity index (χ3v) is 3.89. The monoisotopic (exact) mass is 339 g/mol. The van der Waals surface area contributed by atoms with E-state index in [1.165, 1.54) is 0 Å². The highest BCUT2D eigenvalue weighted by atomic mass is 35.5. The van der Waals surface area contributed by atoms with Crippen LogP contribution in [0.1, 0.15) is 5.56 Å². The van der Waals surface area contributed by atoms with Crippen LogP contribution in [0.25, 0.3) is 11.3 Å². The first kappa shape index (κ1) is 16.4. The molecule has 0 fully saturated rings. The molecule has 1 heterocycles. The van der Waals surface area contributed by atoms with Crippen molar-refractivity contribution in [2.45, 2.75) is 12.5 Å². The molecule has 0 saturated heterocycles. The maximum Gasteiger partial charge on any atom is 0.145 e. The van der Waals surface area contributed by atoms with Gasteiger partial charge in [0.25, 0.3) is 0 Å². The number of nitrogens with one attached hydrogen (secondary N) is 1. The molecule has 0 spiro atoms. The maximum absolute atomic E-state index is 9.64. The van der Waals surface area contributed by atoms with E-state index in [1.54, 1.807) is 12.4 Å². The molecule has 0 amide bonds. The van der Waals surface area contributed by atoms with E-state index in [0.717, 1.165) is 16.8 Å². The van der Waals surface area contributed by atoms with Crippen LogP contribution in [0, 0.1) is 0 Å². The van der Waals surface area contributed by atoms with Crippen LogP contribution in [0.5, 0.6) is 0 Å². The summed E-state index contributed by atoms with van der Waals surface area (Å²) in [7, 11) is 0. The predicted molar refractivity (Wildman–Crippen MR) is 97.1 cm³/mol. The van der Waals surface area contributed by atoms with Crippen molar-refractivity contribution >= 4 is 17.4 Å². The van der Waals surface area contributed by atoms with Crippen LogP contribution >= 0.6 is 11.6 Å². The lowest BCUT2D eigenvalue weighted by molar-refractivity contribution is 0.273. The zero-order valence-corrected chi connectivity index (χ0v) is 13.8. The molecule has 0 saturated carbocycles. The number of benzene rings is 2. The molecule has 1 aromatic heterocycles. The Kier molecular flexibility index (Phi) is 5.41. The van der Waals surface area contributed by atoms with Gasteiger partial charge >= 0.3 is 0 Å². The van der Waals surface area contributed by atoms with E-state index in [-0.39, 0.29) is 12.6 Å². The fourth-order valence-electron chi connectivity index (χ4n) is 2.49. The largest absolute Gasteiger partial charge is 0.394 e. The highest BCUT2D eigenvalue weighted by Gasteiger charge is 2.10. The Bertz CT molecular complexity index is 795. The van der Waals surface area contributed by atoms with Crippen molar-refractivity contribution in [3.63, 3.8) is 0 Å². The second-order valence-electron chi connectivity index (χ2n) is 5.51. The molecule has 0 aliphatic heterocycles. The number of nitrogens with zero attached hydrogens (tertiary/aromatic N) is 2. The van der Waals surface area contributed by atoms with Gasteiger partial charge in [-0.3, -0.25) is 4.98 Å². The van der Waals surface area contributed by atoms with E-state index in [2.05, 4.69) is 15.3 Å². The van der Waals surface area contributed by atoms with Crippen molar-refractivity contribution < 1.29 is 5.11 Å². The van der Waals surface area contributed by atoms with Gasteiger partial charge < -0.3 is 10.4 Å². The first-order chi connectivity index (χ1) is 11.7. The smallest absolute Gasteiger partial charge is 0.145 e. The van der Waals surface area contributed by atoms with Gasteiger partial charge in [0.05, 0.1) is 30.7 Å². The summed E-state index contributed by atoms with van der Waals surface area (Å²) in [6.07, 6.45) is 4.06. The minimum absolute atomic E-state index is 0.0119. The van der Waals surface area contributed by atoms with Gasteiger partial charge in [0, 0.05) is 10.6 Å². The van der Waals surface area contributed by atoms with Gasteiger partial charge in [0.1, 0.15) is 5.82 Å². The van der Waals surface area contributed by atoms with Gasteiger partial charge in [-0.2, -0.15) is 0 Å². The Morgan fingerprint density at radius 2 is 1.88 bits per heavy atom. The van der Waals surface area contributed by atoms with Crippen LogP contribution in [-0.4, -0.2) is 27.7 Å². The number of aliphatic hydroxyl groups excluding tert-OH is 1. The number of aromatic nitrogens is 2. The quantitative estimate of drug-likeness (QED) is 0.717. The van der Waals surface area contributed by atoms with Gasteiger partial charge in [-0.1, -0.05) is 54.1 Å². The molecule has 122 valence electrons. The molecule has 0 aliphatic carbocycles. The Labute approximate surface area is 146 Å². The van der Waals surface area contributed by atoms with E-state index in [1.807, 2.05) is 54.6 Å². The van der Waals surface area contributed by atoms with Crippen molar-refractivity contribution in [3.8, 4) is 11.3 Å². The van der Waals surface area contributed by atoms with Crippen LogP contribution in [0.2, 0.25) is 5.02 Å². The zero-order valence-electron chi connectivity index (χ0n) is 13.1. The second kappa shape index (κ2) is 7.90. The third kappa shape index (κ3) is 4.31. The van der Waals surface area contributed by atoms with Crippen LogP contribution in [0.3, 0.4) is 0 Å². The molecular formula is C19H18ClN3O. The lowest BCUT2D eigenvalue weighted by Gasteiger charge is -2.17. The lowest BCUT2D eigenvalue weighted by atomic mass is 10.1. The van der Waals surface area contributed by atoms with E-state index in [4.69, 9.17) is 11.6 Å². The fourth-order valence-corrected chi connectivity index (χ4v) is 2.68. The number of anilines is 1. The number of aliphatic hydroxyl groups is 1. The van der Waals surface area contributed by atoms with Crippen LogP contribution in [0.4, 0.5) is 5.82 Å². The molecule has 2 aromatic carbocycles. The number of hydrogen-bond acceptors (Lipinski definition) is 4. The number of hydrogen-bond donors (Lipinski definition) is 2. The van der Waals surface area contributed by atoms with E-state index >= 15 is 0 Å². The van der Waals surface area contributed by atoms with Gasteiger partial charge in [-0.25, -0.2) is 4.98 Å². The first-order valence-corrected chi connectivity index (χ1v) is 8.11. The Morgan fingerprint density at radius 1 is 1.04 bits per heavy atom. The molecule has 0 unspecified atom stereocenters. The summed E-state index contributed by atoms with van der Waals surface area (Å²) >= 11 is 6.03. The minimum atomic E-state index is -0.128. The number of rotatable bonds is 6. The van der Waals surface area contributed by atoms with Crippen molar-refractivity contribution in [1.29, 1.82) is 0 Å². The standard InChI is InChI=1S/C19H18ClN3O/c20-16-8-4-7-15(10-16)18-11-21-12-19(23-18)22-17(13-24)9-14-5-2-1-3-6-14/h1-8,10-12,17,24H,9,13H2,(H,22,23)/t17-/m1/s1. The molecule has 24 heavy (non-hydrogen) atoms. The van der Waals surface area contributed by atoms with Gasteiger partial charge in [-0.15, -0.1) is 0 Å². The van der Waals surface area contributed by atoms with Gasteiger partial charge in [0.2, 0.25) is 0 Å². The fraction of sp³-hybridized carbons (Fsp3) is 0.158. The van der Waals surface area contributed by atoms with E-state index < -0.39 is 0 Å². The molecule has 0 radical (unpaired) electrons. The Balaban J connectivity index is 1.76. The van der Waals surface area contributed by atoms with Crippen LogP contribution in [-0.2, 0) is 6.42 Å². The highest BCUT2D eigenvalue weighted by Crippen LogP contribution is 2.21. The summed E-state index contributed by atoms with van der Waals surface area (Å²) in [5.41, 5.74) is 2.80. The normalized spacial score (nSPS) is 11.9. The number of halogens is 1. The molecule has 3 aromatic rings. The van der Waals surface area contributed by atoms with E-state index in [9.17, 15) is 5.11 Å². The van der Waals surface area contributed by atoms with Crippen molar-refractivity contribution in [1.82, 2.24) is 9.97 Å². The minimum Gasteiger partial charge on any atom is -0.394 e. The molecule has 0 bridgehead atoms. The van der Waals surface area contributed by atoms with Gasteiger partial charge in [0.15, 0.2) is 0 Å².